The molecular formula is C16H15BrN2O3. The van der Waals surface area contributed by atoms with E-state index in [1.54, 1.807) is 12.3 Å². The lowest BCUT2D eigenvalue weighted by molar-refractivity contribution is -0.119. The maximum Gasteiger partial charge on any atom is 0.340 e. The van der Waals surface area contributed by atoms with E-state index in [9.17, 15) is 9.59 Å². The zero-order valence-electron chi connectivity index (χ0n) is 12.0. The lowest BCUT2D eigenvalue weighted by atomic mass is 10.1. The first-order chi connectivity index (χ1) is 10.6. The van der Waals surface area contributed by atoms with Crippen LogP contribution in [0.4, 0.5) is 5.69 Å². The van der Waals surface area contributed by atoms with Gasteiger partial charge in [-0.15, -0.1) is 0 Å². The fraction of sp³-hybridized carbons (Fsp3) is 0.188. The maximum atomic E-state index is 11.8. The standard InChI is InChI=1S/C16H15BrN2O3/c1-2-11-3-5-14(6-4-11)19-15(20)10-22-16(21)12-7-13(17)9-18-8-12/h3-9H,2,10H2,1H3,(H,19,20). The summed E-state index contributed by atoms with van der Waals surface area (Å²) in [6.45, 7) is 1.71. The van der Waals surface area contributed by atoms with Crippen molar-refractivity contribution in [2.45, 2.75) is 13.3 Å². The molecule has 114 valence electrons. The van der Waals surface area contributed by atoms with E-state index in [2.05, 4.69) is 33.2 Å². The normalized spacial score (nSPS) is 10.1. The van der Waals surface area contributed by atoms with Gasteiger partial charge in [0.25, 0.3) is 5.91 Å². The second-order valence-electron chi connectivity index (χ2n) is 4.57. The van der Waals surface area contributed by atoms with Crippen LogP contribution in [0.5, 0.6) is 0 Å². The number of halogens is 1. The van der Waals surface area contributed by atoms with Crippen molar-refractivity contribution in [1.82, 2.24) is 4.98 Å². The first kappa shape index (κ1) is 16.2. The zero-order valence-corrected chi connectivity index (χ0v) is 13.6. The number of ether oxygens (including phenoxy) is 1. The van der Waals surface area contributed by atoms with Gasteiger partial charge in [0, 0.05) is 22.6 Å². The van der Waals surface area contributed by atoms with Crippen LogP contribution in [0, 0.1) is 0 Å². The van der Waals surface area contributed by atoms with Crippen molar-refractivity contribution in [3.8, 4) is 0 Å². The van der Waals surface area contributed by atoms with E-state index in [-0.39, 0.29) is 18.1 Å². The summed E-state index contributed by atoms with van der Waals surface area (Å²) in [5.41, 5.74) is 2.14. The summed E-state index contributed by atoms with van der Waals surface area (Å²) in [4.78, 5) is 27.4. The highest BCUT2D eigenvalue weighted by Crippen LogP contribution is 2.11. The molecule has 0 unspecified atom stereocenters. The van der Waals surface area contributed by atoms with Crippen molar-refractivity contribution < 1.29 is 14.3 Å². The van der Waals surface area contributed by atoms with Crippen LogP contribution >= 0.6 is 15.9 Å². The van der Waals surface area contributed by atoms with Gasteiger partial charge in [-0.3, -0.25) is 9.78 Å². The molecule has 1 amide bonds. The van der Waals surface area contributed by atoms with Crippen LogP contribution in [-0.4, -0.2) is 23.5 Å². The molecular weight excluding hydrogens is 348 g/mol. The average Bonchev–Trinajstić information content (AvgIpc) is 2.53. The summed E-state index contributed by atoms with van der Waals surface area (Å²) < 4.78 is 5.62. The molecule has 22 heavy (non-hydrogen) atoms. The number of amides is 1. The quantitative estimate of drug-likeness (QED) is 0.829. The molecule has 6 heteroatoms. The van der Waals surface area contributed by atoms with Crippen LogP contribution in [0.15, 0.2) is 47.2 Å². The fourth-order valence-electron chi connectivity index (χ4n) is 1.76. The number of aromatic nitrogens is 1. The van der Waals surface area contributed by atoms with Gasteiger partial charge in [0.1, 0.15) is 0 Å². The molecule has 0 aliphatic heterocycles. The molecule has 1 aromatic heterocycles. The molecule has 0 aliphatic rings. The number of pyridine rings is 1. The molecule has 0 fully saturated rings. The molecule has 0 saturated heterocycles. The summed E-state index contributed by atoms with van der Waals surface area (Å²) >= 11 is 3.22. The number of anilines is 1. The van der Waals surface area contributed by atoms with E-state index in [0.717, 1.165) is 6.42 Å². The number of nitrogens with one attached hydrogen (secondary N) is 1. The smallest absolute Gasteiger partial charge is 0.340 e. The number of nitrogens with zero attached hydrogens (tertiary/aromatic N) is 1. The largest absolute Gasteiger partial charge is 0.452 e. The predicted octanol–water partition coefficient (Wildman–Crippen LogP) is 3.20. The molecule has 0 atom stereocenters. The molecule has 2 rings (SSSR count). The van der Waals surface area contributed by atoms with Gasteiger partial charge < -0.3 is 10.1 Å². The molecule has 0 radical (unpaired) electrons. The van der Waals surface area contributed by atoms with Gasteiger partial charge in [-0.2, -0.15) is 0 Å². The van der Waals surface area contributed by atoms with Crippen LogP contribution in [0.25, 0.3) is 0 Å². The van der Waals surface area contributed by atoms with Gasteiger partial charge in [0.05, 0.1) is 5.56 Å². The highest BCUT2D eigenvalue weighted by Gasteiger charge is 2.11. The Hall–Kier alpha value is -2.21. The van der Waals surface area contributed by atoms with Gasteiger partial charge in [0.2, 0.25) is 0 Å². The average molecular weight is 363 g/mol. The van der Waals surface area contributed by atoms with E-state index in [4.69, 9.17) is 4.74 Å². The van der Waals surface area contributed by atoms with Gasteiger partial charge in [-0.05, 0) is 46.1 Å². The Kier molecular flexibility index (Phi) is 5.66. The van der Waals surface area contributed by atoms with Crippen molar-refractivity contribution >= 4 is 33.5 Å². The number of aryl methyl sites for hydroxylation is 1. The molecule has 5 nitrogen and oxygen atoms in total. The number of hydrogen-bond donors (Lipinski definition) is 1. The molecule has 0 saturated carbocycles. The summed E-state index contributed by atoms with van der Waals surface area (Å²) in [6, 6.07) is 9.09. The fourth-order valence-corrected chi connectivity index (χ4v) is 2.12. The third-order valence-corrected chi connectivity index (χ3v) is 3.35. The lowest BCUT2D eigenvalue weighted by Gasteiger charge is -2.07. The predicted molar refractivity (Wildman–Crippen MR) is 86.7 cm³/mol. The van der Waals surface area contributed by atoms with Crippen LogP contribution < -0.4 is 5.32 Å². The second-order valence-corrected chi connectivity index (χ2v) is 5.48. The van der Waals surface area contributed by atoms with Crippen molar-refractivity contribution in [1.29, 1.82) is 0 Å². The second kappa shape index (κ2) is 7.70. The minimum absolute atomic E-state index is 0.287. The Balaban J connectivity index is 1.85. The highest BCUT2D eigenvalue weighted by molar-refractivity contribution is 9.10. The Morgan fingerprint density at radius 1 is 1.23 bits per heavy atom. The Morgan fingerprint density at radius 3 is 2.59 bits per heavy atom. The van der Waals surface area contributed by atoms with E-state index >= 15 is 0 Å². The van der Waals surface area contributed by atoms with Gasteiger partial charge in [-0.25, -0.2) is 4.79 Å². The van der Waals surface area contributed by atoms with Crippen LogP contribution in [-0.2, 0) is 16.0 Å². The van der Waals surface area contributed by atoms with Crippen molar-refractivity contribution in [3.63, 3.8) is 0 Å². The number of benzene rings is 1. The molecule has 2 aromatic rings. The molecule has 0 aliphatic carbocycles. The maximum absolute atomic E-state index is 11.8. The van der Waals surface area contributed by atoms with Crippen LogP contribution in [0.3, 0.4) is 0 Å². The monoisotopic (exact) mass is 362 g/mol. The minimum Gasteiger partial charge on any atom is -0.452 e. The molecule has 0 spiro atoms. The number of carbonyl (C=O) groups excluding carboxylic acids is 2. The van der Waals surface area contributed by atoms with Crippen molar-refractivity contribution in [3.05, 3.63) is 58.3 Å². The third-order valence-electron chi connectivity index (χ3n) is 2.92. The van der Waals surface area contributed by atoms with Gasteiger partial charge in [-0.1, -0.05) is 19.1 Å². The number of hydrogen-bond acceptors (Lipinski definition) is 4. The molecule has 1 aromatic carbocycles. The molecule has 1 heterocycles. The van der Waals surface area contributed by atoms with Crippen molar-refractivity contribution in [2.24, 2.45) is 0 Å². The van der Waals surface area contributed by atoms with E-state index < -0.39 is 5.97 Å². The molecule has 0 bridgehead atoms. The Labute approximate surface area is 136 Å². The van der Waals surface area contributed by atoms with Crippen LogP contribution in [0.2, 0.25) is 0 Å². The summed E-state index contributed by atoms with van der Waals surface area (Å²) in [5.74, 6) is -0.981. The SMILES string of the molecule is CCc1ccc(NC(=O)COC(=O)c2cncc(Br)c2)cc1. The number of esters is 1. The lowest BCUT2D eigenvalue weighted by Crippen LogP contribution is -2.21. The number of rotatable bonds is 5. The van der Waals surface area contributed by atoms with E-state index in [0.29, 0.717) is 10.2 Å². The first-order valence-electron chi connectivity index (χ1n) is 6.75. The summed E-state index contributed by atoms with van der Waals surface area (Å²) in [5, 5.41) is 2.67. The van der Waals surface area contributed by atoms with E-state index in [1.807, 2.05) is 24.3 Å². The highest BCUT2D eigenvalue weighted by atomic mass is 79.9. The molecule has 1 N–H and O–H groups in total. The topological polar surface area (TPSA) is 68.3 Å². The van der Waals surface area contributed by atoms with Gasteiger partial charge in [0.15, 0.2) is 6.61 Å². The number of carbonyl (C=O) groups is 2. The summed E-state index contributed by atoms with van der Waals surface area (Å²) in [7, 11) is 0. The first-order valence-corrected chi connectivity index (χ1v) is 7.54. The van der Waals surface area contributed by atoms with Crippen molar-refractivity contribution in [2.75, 3.05) is 11.9 Å². The van der Waals surface area contributed by atoms with Crippen LogP contribution in [0.1, 0.15) is 22.8 Å². The van der Waals surface area contributed by atoms with Gasteiger partial charge >= 0.3 is 5.97 Å². The Bertz CT molecular complexity index is 671. The minimum atomic E-state index is -0.592. The Morgan fingerprint density at radius 2 is 1.95 bits per heavy atom. The zero-order chi connectivity index (χ0) is 15.9. The van der Waals surface area contributed by atoms with E-state index in [1.165, 1.54) is 11.8 Å². The summed E-state index contributed by atoms with van der Waals surface area (Å²) in [6.07, 6.45) is 3.88. The third kappa shape index (κ3) is 4.66.